The number of benzene rings is 1. The summed E-state index contributed by atoms with van der Waals surface area (Å²) < 4.78 is 1.90. The zero-order valence-electron chi connectivity index (χ0n) is 13.6. The lowest BCUT2D eigenvalue weighted by Crippen LogP contribution is -1.99. The van der Waals surface area contributed by atoms with Gasteiger partial charge in [-0.3, -0.25) is 9.67 Å². The van der Waals surface area contributed by atoms with Crippen LogP contribution < -0.4 is 0 Å². The van der Waals surface area contributed by atoms with Gasteiger partial charge in [-0.25, -0.2) is 0 Å². The monoisotopic (exact) mass is 393 g/mol. The molecule has 0 bridgehead atoms. The number of aliphatic hydroxyl groups is 1. The first-order valence-electron chi connectivity index (χ1n) is 7.83. The maximum atomic E-state index is 9.74. The van der Waals surface area contributed by atoms with Crippen molar-refractivity contribution in [1.82, 2.24) is 14.8 Å². The molecule has 1 N–H and O–H groups in total. The average molecular weight is 394 g/mol. The summed E-state index contributed by atoms with van der Waals surface area (Å²) in [5, 5.41) is 16.5. The van der Waals surface area contributed by atoms with E-state index in [4.69, 9.17) is 23.2 Å². The molecule has 130 valence electrons. The Morgan fingerprint density at radius 3 is 2.40 bits per heavy atom. The Hall–Kier alpha value is -1.53. The van der Waals surface area contributed by atoms with E-state index in [0.29, 0.717) is 28.7 Å². The summed E-state index contributed by atoms with van der Waals surface area (Å²) in [5.74, 6) is 0. The van der Waals surface area contributed by atoms with Gasteiger partial charge in [0.25, 0.3) is 0 Å². The Balaban J connectivity index is 2.02. The second kappa shape index (κ2) is 8.23. The lowest BCUT2D eigenvalue weighted by Gasteiger charge is -2.09. The summed E-state index contributed by atoms with van der Waals surface area (Å²) in [4.78, 5) is 4.99. The SMILES string of the molecule is CCn1nc(CO)c(Cc2ccncc2)c1Sc1cc(Cl)cc(Cl)c1. The zero-order chi connectivity index (χ0) is 17.8. The van der Waals surface area contributed by atoms with Crippen LogP contribution in [0.3, 0.4) is 0 Å². The molecule has 0 saturated heterocycles. The number of halogens is 2. The lowest BCUT2D eigenvalue weighted by molar-refractivity contribution is 0.274. The van der Waals surface area contributed by atoms with Crippen molar-refractivity contribution in [1.29, 1.82) is 0 Å². The number of aromatic nitrogens is 3. The van der Waals surface area contributed by atoms with E-state index in [1.165, 1.54) is 0 Å². The second-order valence-electron chi connectivity index (χ2n) is 5.44. The van der Waals surface area contributed by atoms with Crippen molar-refractivity contribution in [2.45, 2.75) is 36.4 Å². The Bertz CT molecular complexity index is 848. The van der Waals surface area contributed by atoms with Gasteiger partial charge in [-0.1, -0.05) is 35.0 Å². The zero-order valence-corrected chi connectivity index (χ0v) is 15.9. The Labute approximate surface area is 160 Å². The molecule has 0 radical (unpaired) electrons. The van der Waals surface area contributed by atoms with Crippen molar-refractivity contribution in [2.75, 3.05) is 0 Å². The highest BCUT2D eigenvalue weighted by Gasteiger charge is 2.18. The van der Waals surface area contributed by atoms with Gasteiger partial charge in [-0.05, 0) is 42.8 Å². The second-order valence-corrected chi connectivity index (χ2v) is 7.38. The Morgan fingerprint density at radius 2 is 1.80 bits per heavy atom. The highest BCUT2D eigenvalue weighted by molar-refractivity contribution is 7.99. The van der Waals surface area contributed by atoms with Gasteiger partial charge >= 0.3 is 0 Å². The lowest BCUT2D eigenvalue weighted by atomic mass is 10.1. The normalized spacial score (nSPS) is 11.0. The van der Waals surface area contributed by atoms with Crippen LogP contribution in [0, 0.1) is 0 Å². The van der Waals surface area contributed by atoms with Gasteiger partial charge < -0.3 is 5.11 Å². The summed E-state index contributed by atoms with van der Waals surface area (Å²) in [6.45, 7) is 2.64. The minimum absolute atomic E-state index is 0.0999. The van der Waals surface area contributed by atoms with Crippen LogP contribution in [0.4, 0.5) is 0 Å². The molecular weight excluding hydrogens is 377 g/mol. The predicted octanol–water partition coefficient (Wildman–Crippen LogP) is 4.84. The maximum Gasteiger partial charge on any atom is 0.103 e. The van der Waals surface area contributed by atoms with Crippen LogP contribution in [-0.4, -0.2) is 19.9 Å². The number of nitrogens with zero attached hydrogens (tertiary/aromatic N) is 3. The molecule has 0 aliphatic rings. The molecule has 0 aliphatic carbocycles. The van der Waals surface area contributed by atoms with Crippen LogP contribution in [0.1, 0.15) is 23.7 Å². The van der Waals surface area contributed by atoms with Gasteiger partial charge in [0, 0.05) is 45.9 Å². The summed E-state index contributed by atoms with van der Waals surface area (Å²) in [7, 11) is 0. The van der Waals surface area contributed by atoms with Crippen molar-refractivity contribution in [3.05, 3.63) is 69.6 Å². The molecule has 0 saturated carbocycles. The third kappa shape index (κ3) is 4.36. The van der Waals surface area contributed by atoms with Crippen molar-refractivity contribution >= 4 is 35.0 Å². The smallest absolute Gasteiger partial charge is 0.103 e. The molecule has 0 spiro atoms. The van der Waals surface area contributed by atoms with Crippen molar-refractivity contribution in [3.8, 4) is 0 Å². The summed E-state index contributed by atoms with van der Waals surface area (Å²) in [6, 6.07) is 9.39. The number of hydrogen-bond acceptors (Lipinski definition) is 4. The molecule has 0 atom stereocenters. The fraction of sp³-hybridized carbons (Fsp3) is 0.222. The van der Waals surface area contributed by atoms with Crippen LogP contribution in [0.25, 0.3) is 0 Å². The minimum atomic E-state index is -0.0999. The molecule has 3 rings (SSSR count). The Kier molecular flexibility index (Phi) is 6.02. The third-order valence-electron chi connectivity index (χ3n) is 3.71. The standard InChI is InChI=1S/C18H17Cl2N3OS/c1-2-23-18(25-15-9-13(19)8-14(20)10-15)16(17(11-24)22-23)7-12-3-5-21-6-4-12/h3-6,8-10,24H,2,7,11H2,1H3. The maximum absolute atomic E-state index is 9.74. The molecule has 1 aromatic carbocycles. The van der Waals surface area contributed by atoms with Crippen LogP contribution in [-0.2, 0) is 19.6 Å². The molecule has 0 fully saturated rings. The van der Waals surface area contributed by atoms with Gasteiger partial charge in [-0.15, -0.1) is 0 Å². The molecule has 0 aliphatic heterocycles. The van der Waals surface area contributed by atoms with Gasteiger partial charge in [0.05, 0.1) is 12.3 Å². The van der Waals surface area contributed by atoms with Gasteiger partial charge in [0.1, 0.15) is 5.03 Å². The quantitative estimate of drug-likeness (QED) is 0.650. The number of rotatable bonds is 6. The van der Waals surface area contributed by atoms with Crippen molar-refractivity contribution < 1.29 is 5.11 Å². The van der Waals surface area contributed by atoms with E-state index in [9.17, 15) is 5.11 Å². The fourth-order valence-electron chi connectivity index (χ4n) is 2.57. The first-order valence-corrected chi connectivity index (χ1v) is 9.40. The van der Waals surface area contributed by atoms with E-state index in [0.717, 1.165) is 21.0 Å². The number of hydrogen-bond donors (Lipinski definition) is 1. The van der Waals surface area contributed by atoms with Gasteiger partial charge in [0.2, 0.25) is 0 Å². The average Bonchev–Trinajstić information content (AvgIpc) is 2.92. The number of aliphatic hydroxyl groups excluding tert-OH is 1. The molecule has 2 aromatic heterocycles. The van der Waals surface area contributed by atoms with Gasteiger partial charge in [-0.2, -0.15) is 5.10 Å². The fourth-order valence-corrected chi connectivity index (χ4v) is 4.41. The van der Waals surface area contributed by atoms with Crippen LogP contribution >= 0.6 is 35.0 Å². The van der Waals surface area contributed by atoms with Crippen LogP contribution in [0.15, 0.2) is 52.6 Å². The number of pyridine rings is 1. The summed E-state index contributed by atoms with van der Waals surface area (Å²) in [5.41, 5.74) is 2.82. The summed E-state index contributed by atoms with van der Waals surface area (Å²) >= 11 is 13.8. The molecule has 25 heavy (non-hydrogen) atoms. The predicted molar refractivity (Wildman–Crippen MR) is 101 cm³/mol. The summed E-state index contributed by atoms with van der Waals surface area (Å²) in [6.07, 6.45) is 4.21. The Morgan fingerprint density at radius 1 is 1.12 bits per heavy atom. The van der Waals surface area contributed by atoms with E-state index >= 15 is 0 Å². The molecule has 2 heterocycles. The highest BCUT2D eigenvalue weighted by Crippen LogP contribution is 2.36. The topological polar surface area (TPSA) is 50.9 Å². The molecular formula is C18H17Cl2N3OS. The third-order valence-corrected chi connectivity index (χ3v) is 5.27. The van der Waals surface area contributed by atoms with Crippen LogP contribution in [0.5, 0.6) is 0 Å². The van der Waals surface area contributed by atoms with Crippen molar-refractivity contribution in [3.63, 3.8) is 0 Å². The molecule has 0 unspecified atom stereocenters. The molecule has 0 amide bonds. The van der Waals surface area contributed by atoms with Gasteiger partial charge in [0.15, 0.2) is 0 Å². The van der Waals surface area contributed by atoms with E-state index in [2.05, 4.69) is 10.1 Å². The van der Waals surface area contributed by atoms with E-state index in [1.54, 1.807) is 30.2 Å². The molecule has 3 aromatic rings. The molecule has 7 heteroatoms. The van der Waals surface area contributed by atoms with E-state index < -0.39 is 0 Å². The van der Waals surface area contributed by atoms with E-state index in [-0.39, 0.29) is 6.61 Å². The van der Waals surface area contributed by atoms with E-state index in [1.807, 2.05) is 35.9 Å². The minimum Gasteiger partial charge on any atom is -0.390 e. The van der Waals surface area contributed by atoms with Crippen LogP contribution in [0.2, 0.25) is 10.0 Å². The van der Waals surface area contributed by atoms with Crippen molar-refractivity contribution in [2.24, 2.45) is 0 Å². The largest absolute Gasteiger partial charge is 0.390 e. The highest BCUT2D eigenvalue weighted by atomic mass is 35.5. The number of aryl methyl sites for hydroxylation is 1. The first-order chi connectivity index (χ1) is 12.1. The molecule has 4 nitrogen and oxygen atoms in total. The first kappa shape index (κ1) is 18.3.